The molecule has 1 N–H and O–H groups in total. The van der Waals surface area contributed by atoms with Gasteiger partial charge in [0.05, 0.1) is 5.56 Å². The summed E-state index contributed by atoms with van der Waals surface area (Å²) in [5.41, 5.74) is 1.16. The Labute approximate surface area is 112 Å². The van der Waals surface area contributed by atoms with Crippen LogP contribution in [0, 0.1) is 18.8 Å². The van der Waals surface area contributed by atoms with Crippen LogP contribution < -0.4 is 5.32 Å². The van der Waals surface area contributed by atoms with Gasteiger partial charge < -0.3 is 5.32 Å². The lowest BCUT2D eigenvalue weighted by Gasteiger charge is -2.21. The van der Waals surface area contributed by atoms with Crippen LogP contribution in [0.3, 0.4) is 0 Å². The van der Waals surface area contributed by atoms with E-state index in [1.165, 1.54) is 12.1 Å². The summed E-state index contributed by atoms with van der Waals surface area (Å²) in [6, 6.07) is 4.27. The fourth-order valence-electron chi connectivity index (χ4n) is 2.73. The zero-order valence-corrected chi connectivity index (χ0v) is 11.5. The second kappa shape index (κ2) is 5.16. The van der Waals surface area contributed by atoms with Gasteiger partial charge in [0.15, 0.2) is 0 Å². The number of nitrogens with one attached hydrogen (secondary N) is 1. The maximum absolute atomic E-state index is 12.7. The van der Waals surface area contributed by atoms with E-state index in [0.717, 1.165) is 24.1 Å². The number of benzene rings is 1. The minimum atomic E-state index is -4.26. The van der Waals surface area contributed by atoms with Gasteiger partial charge in [0.2, 0.25) is 0 Å². The zero-order chi connectivity index (χ0) is 14.2. The van der Waals surface area contributed by atoms with Crippen LogP contribution in [-0.4, -0.2) is 6.54 Å². The second-order valence-corrected chi connectivity index (χ2v) is 5.48. The summed E-state index contributed by atoms with van der Waals surface area (Å²) < 4.78 is 38.0. The highest BCUT2D eigenvalue weighted by Gasteiger charge is 2.40. The smallest absolute Gasteiger partial charge is 0.310 e. The van der Waals surface area contributed by atoms with Crippen LogP contribution >= 0.6 is 0 Å². The highest BCUT2D eigenvalue weighted by Crippen LogP contribution is 2.47. The molecule has 1 aromatic carbocycles. The van der Waals surface area contributed by atoms with Crippen molar-refractivity contribution < 1.29 is 13.2 Å². The first kappa shape index (κ1) is 14.4. The van der Waals surface area contributed by atoms with Crippen LogP contribution in [0.1, 0.15) is 43.0 Å². The van der Waals surface area contributed by atoms with Crippen molar-refractivity contribution in [1.82, 2.24) is 5.32 Å². The summed E-state index contributed by atoms with van der Waals surface area (Å²) >= 11 is 0. The fourth-order valence-corrected chi connectivity index (χ4v) is 2.73. The quantitative estimate of drug-likeness (QED) is 0.860. The number of halogens is 3. The molecule has 1 saturated carbocycles. The lowest BCUT2D eigenvalue weighted by atomic mass is 9.95. The highest BCUT2D eigenvalue weighted by molar-refractivity contribution is 5.35. The zero-order valence-electron chi connectivity index (χ0n) is 11.5. The predicted octanol–water partition coefficient (Wildman–Crippen LogP) is 4.32. The van der Waals surface area contributed by atoms with E-state index in [1.807, 2.05) is 6.92 Å². The largest absolute Gasteiger partial charge is 0.416 e. The Bertz CT molecular complexity index is 453. The van der Waals surface area contributed by atoms with Gasteiger partial charge >= 0.3 is 6.18 Å². The molecule has 4 heteroatoms. The highest BCUT2D eigenvalue weighted by atomic mass is 19.4. The Kier molecular flexibility index (Phi) is 3.90. The van der Waals surface area contributed by atoms with Crippen LogP contribution in [0.5, 0.6) is 0 Å². The molecule has 106 valence electrons. The molecule has 1 fully saturated rings. The predicted molar refractivity (Wildman–Crippen MR) is 69.9 cm³/mol. The van der Waals surface area contributed by atoms with Gasteiger partial charge in [0.25, 0.3) is 0 Å². The normalized spacial score (nSPS) is 24.3. The third kappa shape index (κ3) is 3.11. The van der Waals surface area contributed by atoms with Crippen molar-refractivity contribution >= 4 is 0 Å². The Balaban J connectivity index is 2.28. The van der Waals surface area contributed by atoms with Crippen molar-refractivity contribution in [2.75, 3.05) is 6.54 Å². The van der Waals surface area contributed by atoms with E-state index in [1.54, 1.807) is 13.0 Å². The van der Waals surface area contributed by atoms with Crippen LogP contribution in [0.4, 0.5) is 13.2 Å². The van der Waals surface area contributed by atoms with Gasteiger partial charge in [-0.2, -0.15) is 13.2 Å². The van der Waals surface area contributed by atoms with E-state index in [0.29, 0.717) is 11.8 Å². The van der Waals surface area contributed by atoms with Gasteiger partial charge in [-0.1, -0.05) is 19.9 Å². The number of aryl methyl sites for hydroxylation is 1. The molecule has 19 heavy (non-hydrogen) atoms. The second-order valence-electron chi connectivity index (χ2n) is 5.48. The third-order valence-corrected chi connectivity index (χ3v) is 3.96. The lowest BCUT2D eigenvalue weighted by Crippen LogP contribution is -2.24. The van der Waals surface area contributed by atoms with Gasteiger partial charge in [0.1, 0.15) is 0 Å². The molecule has 3 atom stereocenters. The van der Waals surface area contributed by atoms with Gasteiger partial charge in [-0.25, -0.2) is 0 Å². The van der Waals surface area contributed by atoms with Crippen molar-refractivity contribution in [3.05, 3.63) is 34.9 Å². The lowest BCUT2D eigenvalue weighted by molar-refractivity contribution is -0.137. The molecule has 0 heterocycles. The van der Waals surface area contributed by atoms with Crippen molar-refractivity contribution in [3.63, 3.8) is 0 Å². The van der Waals surface area contributed by atoms with Crippen molar-refractivity contribution in [2.24, 2.45) is 11.8 Å². The molecular weight excluding hydrogens is 251 g/mol. The molecule has 2 rings (SSSR count). The Morgan fingerprint density at radius 2 is 2.00 bits per heavy atom. The summed E-state index contributed by atoms with van der Waals surface area (Å²) in [4.78, 5) is 0. The van der Waals surface area contributed by atoms with Crippen LogP contribution in [0.15, 0.2) is 18.2 Å². The SMILES string of the molecule is CCNC(c1ccc(C(F)(F)F)cc1C)C1CC1C. The molecule has 1 aliphatic carbocycles. The molecule has 1 aliphatic rings. The van der Waals surface area contributed by atoms with Crippen LogP contribution in [0.2, 0.25) is 0 Å². The Hall–Kier alpha value is -1.03. The van der Waals surface area contributed by atoms with Gasteiger partial charge in [-0.3, -0.25) is 0 Å². The number of rotatable bonds is 4. The molecule has 0 aliphatic heterocycles. The van der Waals surface area contributed by atoms with Crippen LogP contribution in [0.25, 0.3) is 0 Å². The standard InChI is InChI=1S/C15H20F3N/c1-4-19-14(13-8-10(13)3)12-6-5-11(7-9(12)2)15(16,17)18/h5-7,10,13-14,19H,4,8H2,1-3H3. The van der Waals surface area contributed by atoms with E-state index in [2.05, 4.69) is 12.2 Å². The molecule has 0 radical (unpaired) electrons. The van der Waals surface area contributed by atoms with Crippen LogP contribution in [-0.2, 0) is 6.18 Å². The van der Waals surface area contributed by atoms with E-state index in [9.17, 15) is 13.2 Å². The number of alkyl halides is 3. The van der Waals surface area contributed by atoms with E-state index >= 15 is 0 Å². The van der Waals surface area contributed by atoms with Gasteiger partial charge in [-0.05, 0) is 55.0 Å². The first-order valence-electron chi connectivity index (χ1n) is 6.75. The molecule has 1 nitrogen and oxygen atoms in total. The molecule has 0 saturated heterocycles. The van der Waals surface area contributed by atoms with Gasteiger partial charge in [-0.15, -0.1) is 0 Å². The van der Waals surface area contributed by atoms with E-state index in [-0.39, 0.29) is 6.04 Å². The van der Waals surface area contributed by atoms with Crippen molar-refractivity contribution in [2.45, 2.75) is 39.4 Å². The maximum Gasteiger partial charge on any atom is 0.416 e. The minimum absolute atomic E-state index is 0.183. The summed E-state index contributed by atoms with van der Waals surface area (Å²) in [6.07, 6.45) is -3.11. The molecule has 1 aromatic rings. The van der Waals surface area contributed by atoms with Crippen molar-refractivity contribution in [3.8, 4) is 0 Å². The number of hydrogen-bond acceptors (Lipinski definition) is 1. The maximum atomic E-state index is 12.7. The average Bonchev–Trinajstić information content (AvgIpc) is 3.02. The fraction of sp³-hybridized carbons (Fsp3) is 0.600. The first-order chi connectivity index (χ1) is 8.84. The summed E-state index contributed by atoms with van der Waals surface area (Å²) in [7, 11) is 0. The average molecular weight is 271 g/mol. The summed E-state index contributed by atoms with van der Waals surface area (Å²) in [5.74, 6) is 1.21. The summed E-state index contributed by atoms with van der Waals surface area (Å²) in [5, 5.41) is 3.41. The van der Waals surface area contributed by atoms with E-state index in [4.69, 9.17) is 0 Å². The Morgan fingerprint density at radius 1 is 1.37 bits per heavy atom. The minimum Gasteiger partial charge on any atom is -0.310 e. The molecule has 0 aromatic heterocycles. The monoisotopic (exact) mass is 271 g/mol. The molecule has 0 amide bonds. The molecular formula is C15H20F3N. The molecule has 3 unspecified atom stereocenters. The summed E-state index contributed by atoms with van der Waals surface area (Å²) in [6.45, 7) is 6.81. The number of hydrogen-bond donors (Lipinski definition) is 1. The first-order valence-corrected chi connectivity index (χ1v) is 6.75. The Morgan fingerprint density at radius 3 is 2.42 bits per heavy atom. The molecule has 0 bridgehead atoms. The van der Waals surface area contributed by atoms with Gasteiger partial charge in [0, 0.05) is 6.04 Å². The van der Waals surface area contributed by atoms with Crippen molar-refractivity contribution in [1.29, 1.82) is 0 Å². The third-order valence-electron chi connectivity index (χ3n) is 3.96. The molecule has 0 spiro atoms. The van der Waals surface area contributed by atoms with E-state index < -0.39 is 11.7 Å². The topological polar surface area (TPSA) is 12.0 Å².